The van der Waals surface area contributed by atoms with Gasteiger partial charge in [0, 0.05) is 29.9 Å². The summed E-state index contributed by atoms with van der Waals surface area (Å²) in [5.74, 6) is 0.392. The van der Waals surface area contributed by atoms with Gasteiger partial charge in [-0.15, -0.1) is 0 Å². The summed E-state index contributed by atoms with van der Waals surface area (Å²) in [6, 6.07) is 20.3. The van der Waals surface area contributed by atoms with E-state index < -0.39 is 6.04 Å². The molecule has 1 unspecified atom stereocenters. The summed E-state index contributed by atoms with van der Waals surface area (Å²) >= 11 is 0. The van der Waals surface area contributed by atoms with Crippen molar-refractivity contribution >= 4 is 11.7 Å². The fourth-order valence-corrected chi connectivity index (χ4v) is 3.72. The number of carbonyl (C=O) groups is 2. The van der Waals surface area contributed by atoms with E-state index >= 15 is 0 Å². The van der Waals surface area contributed by atoms with Crippen LogP contribution in [0.3, 0.4) is 0 Å². The van der Waals surface area contributed by atoms with Crippen LogP contribution in [0.4, 0.5) is 0 Å². The molecule has 1 amide bonds. The zero-order valence-corrected chi connectivity index (χ0v) is 16.5. The van der Waals surface area contributed by atoms with E-state index in [4.69, 9.17) is 4.52 Å². The molecule has 1 fully saturated rings. The monoisotopic (exact) mass is 410 g/mol. The molecule has 0 N–H and O–H groups in total. The Hall–Kier alpha value is -4.13. The molecule has 3 heterocycles. The van der Waals surface area contributed by atoms with Gasteiger partial charge in [-0.1, -0.05) is 47.6 Å². The lowest BCUT2D eigenvalue weighted by atomic mass is 10.0. The number of Topliss-reactive ketones (excluding diaryl/α,β-unsaturated/α-hetero) is 1. The number of benzene rings is 2. The molecule has 0 aliphatic carbocycles. The van der Waals surface area contributed by atoms with Gasteiger partial charge in [-0.25, -0.2) is 0 Å². The topological polar surface area (TPSA) is 89.2 Å². The van der Waals surface area contributed by atoms with Crippen LogP contribution in [0.25, 0.3) is 22.6 Å². The fourth-order valence-electron chi connectivity index (χ4n) is 3.72. The number of likely N-dealkylation sites (tertiary alicyclic amines) is 1. The van der Waals surface area contributed by atoms with Crippen molar-refractivity contribution in [3.63, 3.8) is 0 Å². The molecule has 0 bridgehead atoms. The minimum absolute atomic E-state index is 0.0308. The maximum Gasteiger partial charge on any atom is 0.258 e. The molecule has 5 rings (SSSR count). The van der Waals surface area contributed by atoms with Crippen LogP contribution in [0.15, 0.2) is 83.6 Å². The normalized spacial score (nSPS) is 15.9. The number of carbonyl (C=O) groups excluding carboxylic acids is 2. The standard InChI is InChI=1S/C24H18N4O3/c29-20-14-21(22-26-23(31-27-22)18-10-12-25-13-11-18)28(15-20)24(30)19-8-6-17(7-9-19)16-4-2-1-3-5-16/h1-13,21H,14-15H2. The average Bonchev–Trinajstić information content (AvgIpc) is 3.47. The molecule has 152 valence electrons. The van der Waals surface area contributed by atoms with Crippen molar-refractivity contribution < 1.29 is 14.1 Å². The number of hydrogen-bond acceptors (Lipinski definition) is 6. The largest absolute Gasteiger partial charge is 0.334 e. The number of aromatic nitrogens is 3. The summed E-state index contributed by atoms with van der Waals surface area (Å²) in [5, 5.41) is 4.04. The van der Waals surface area contributed by atoms with Gasteiger partial charge in [0.15, 0.2) is 11.6 Å². The molecule has 7 nitrogen and oxygen atoms in total. The number of nitrogens with zero attached hydrogens (tertiary/aromatic N) is 4. The minimum Gasteiger partial charge on any atom is -0.334 e. The summed E-state index contributed by atoms with van der Waals surface area (Å²) in [7, 11) is 0. The van der Waals surface area contributed by atoms with Gasteiger partial charge in [-0.3, -0.25) is 14.6 Å². The van der Waals surface area contributed by atoms with Gasteiger partial charge < -0.3 is 9.42 Å². The number of amides is 1. The smallest absolute Gasteiger partial charge is 0.258 e. The third-order valence-electron chi connectivity index (χ3n) is 5.31. The predicted octanol–water partition coefficient (Wildman–Crippen LogP) is 3.95. The molecule has 0 spiro atoms. The first-order chi connectivity index (χ1) is 15.2. The van der Waals surface area contributed by atoms with E-state index in [2.05, 4.69) is 15.1 Å². The van der Waals surface area contributed by atoms with Crippen molar-refractivity contribution in [2.45, 2.75) is 12.5 Å². The SMILES string of the molecule is O=C1CC(c2noc(-c3ccncc3)n2)N(C(=O)c2ccc(-c3ccccc3)cc2)C1. The van der Waals surface area contributed by atoms with Crippen LogP contribution in [0.5, 0.6) is 0 Å². The molecule has 1 aliphatic heterocycles. The van der Waals surface area contributed by atoms with Crippen LogP contribution < -0.4 is 0 Å². The van der Waals surface area contributed by atoms with Gasteiger partial charge in [0.1, 0.15) is 6.04 Å². The Kier molecular flexibility index (Phi) is 4.84. The Morgan fingerprint density at radius 3 is 2.35 bits per heavy atom. The summed E-state index contributed by atoms with van der Waals surface area (Å²) in [6.07, 6.45) is 3.43. The van der Waals surface area contributed by atoms with Crippen LogP contribution in [-0.4, -0.2) is 38.3 Å². The Balaban J connectivity index is 1.39. The molecule has 7 heteroatoms. The van der Waals surface area contributed by atoms with Gasteiger partial charge in [0.25, 0.3) is 11.8 Å². The summed E-state index contributed by atoms with van der Waals surface area (Å²) in [6.45, 7) is 0.0308. The van der Waals surface area contributed by atoms with E-state index in [9.17, 15) is 9.59 Å². The molecule has 1 atom stereocenters. The lowest BCUT2D eigenvalue weighted by Gasteiger charge is -2.21. The first-order valence-corrected chi connectivity index (χ1v) is 9.91. The van der Waals surface area contributed by atoms with Crippen LogP contribution in [0, 0.1) is 0 Å². The summed E-state index contributed by atoms with van der Waals surface area (Å²) < 4.78 is 5.36. The van der Waals surface area contributed by atoms with E-state index in [-0.39, 0.29) is 24.7 Å². The third kappa shape index (κ3) is 3.73. The van der Waals surface area contributed by atoms with Gasteiger partial charge in [0.2, 0.25) is 0 Å². The highest BCUT2D eigenvalue weighted by Crippen LogP contribution is 2.31. The van der Waals surface area contributed by atoms with E-state index in [1.165, 1.54) is 4.90 Å². The second-order valence-corrected chi connectivity index (χ2v) is 7.33. The molecule has 1 saturated heterocycles. The van der Waals surface area contributed by atoms with Gasteiger partial charge >= 0.3 is 0 Å². The van der Waals surface area contributed by atoms with Crippen molar-refractivity contribution in [3.8, 4) is 22.6 Å². The third-order valence-corrected chi connectivity index (χ3v) is 5.31. The Morgan fingerprint density at radius 2 is 1.61 bits per heavy atom. The Morgan fingerprint density at radius 1 is 0.903 bits per heavy atom. The van der Waals surface area contributed by atoms with Crippen molar-refractivity contribution in [2.24, 2.45) is 0 Å². The quantitative estimate of drug-likeness (QED) is 0.506. The molecular weight excluding hydrogens is 392 g/mol. The Labute approximate surface area is 178 Å². The second-order valence-electron chi connectivity index (χ2n) is 7.33. The number of ketones is 1. The van der Waals surface area contributed by atoms with Crippen LogP contribution >= 0.6 is 0 Å². The van der Waals surface area contributed by atoms with Crippen LogP contribution in [-0.2, 0) is 4.79 Å². The second kappa shape index (κ2) is 7.95. The van der Waals surface area contributed by atoms with Gasteiger partial charge in [-0.05, 0) is 35.4 Å². The first-order valence-electron chi connectivity index (χ1n) is 9.91. The van der Waals surface area contributed by atoms with Gasteiger partial charge in [-0.2, -0.15) is 4.98 Å². The average molecular weight is 410 g/mol. The maximum atomic E-state index is 13.2. The summed E-state index contributed by atoms with van der Waals surface area (Å²) in [5.41, 5.74) is 3.34. The Bertz CT molecular complexity index is 1220. The fraction of sp³-hybridized carbons (Fsp3) is 0.125. The van der Waals surface area contributed by atoms with Crippen molar-refractivity contribution in [1.82, 2.24) is 20.0 Å². The molecule has 4 aromatic rings. The summed E-state index contributed by atoms with van der Waals surface area (Å²) in [4.78, 5) is 35.3. The number of hydrogen-bond donors (Lipinski definition) is 0. The maximum absolute atomic E-state index is 13.2. The first kappa shape index (κ1) is 18.9. The highest BCUT2D eigenvalue weighted by molar-refractivity contribution is 5.99. The number of pyridine rings is 1. The molecule has 0 saturated carbocycles. The van der Waals surface area contributed by atoms with Crippen molar-refractivity contribution in [1.29, 1.82) is 0 Å². The molecule has 1 aliphatic rings. The molecule has 31 heavy (non-hydrogen) atoms. The van der Waals surface area contributed by atoms with Crippen molar-refractivity contribution in [2.75, 3.05) is 6.54 Å². The molecular formula is C24H18N4O3. The van der Waals surface area contributed by atoms with E-state index in [1.807, 2.05) is 42.5 Å². The molecule has 2 aromatic heterocycles. The van der Waals surface area contributed by atoms with E-state index in [0.717, 1.165) is 16.7 Å². The lowest BCUT2D eigenvalue weighted by molar-refractivity contribution is -0.116. The van der Waals surface area contributed by atoms with E-state index in [1.54, 1.807) is 36.7 Å². The van der Waals surface area contributed by atoms with Crippen LogP contribution in [0.1, 0.15) is 28.6 Å². The highest BCUT2D eigenvalue weighted by atomic mass is 16.5. The van der Waals surface area contributed by atoms with E-state index in [0.29, 0.717) is 17.3 Å². The van der Waals surface area contributed by atoms with Crippen molar-refractivity contribution in [3.05, 3.63) is 90.5 Å². The van der Waals surface area contributed by atoms with Gasteiger partial charge in [0.05, 0.1) is 6.54 Å². The molecule has 2 aromatic carbocycles. The lowest BCUT2D eigenvalue weighted by Crippen LogP contribution is -2.31. The van der Waals surface area contributed by atoms with Crippen LogP contribution in [0.2, 0.25) is 0 Å². The highest BCUT2D eigenvalue weighted by Gasteiger charge is 2.38. The zero-order chi connectivity index (χ0) is 21.2. The molecule has 0 radical (unpaired) electrons. The number of rotatable bonds is 4. The minimum atomic E-state index is -0.548. The predicted molar refractivity (Wildman–Crippen MR) is 113 cm³/mol. The zero-order valence-electron chi connectivity index (χ0n) is 16.5.